The van der Waals surface area contributed by atoms with Crippen molar-refractivity contribution in [1.29, 1.82) is 0 Å². The Kier molecular flexibility index (Phi) is 4.24. The van der Waals surface area contributed by atoms with Crippen molar-refractivity contribution in [1.82, 2.24) is 0 Å². The summed E-state index contributed by atoms with van der Waals surface area (Å²) in [5.41, 5.74) is 3.55. The molecule has 0 saturated carbocycles. The summed E-state index contributed by atoms with van der Waals surface area (Å²) >= 11 is 0. The van der Waals surface area contributed by atoms with Gasteiger partial charge in [0.1, 0.15) is 5.75 Å². The van der Waals surface area contributed by atoms with Gasteiger partial charge in [-0.15, -0.1) is 0 Å². The van der Waals surface area contributed by atoms with Crippen LogP contribution in [0.1, 0.15) is 44.2 Å². The summed E-state index contributed by atoms with van der Waals surface area (Å²) in [6.45, 7) is 4.30. The van der Waals surface area contributed by atoms with Gasteiger partial charge in [0.05, 0.1) is 12.3 Å². The van der Waals surface area contributed by atoms with E-state index in [4.69, 9.17) is 4.74 Å². The van der Waals surface area contributed by atoms with Crippen LogP contribution >= 0.6 is 0 Å². The fourth-order valence-electron chi connectivity index (χ4n) is 2.38. The lowest BCUT2D eigenvalue weighted by molar-refractivity contribution is -0.114. The predicted octanol–water partition coefficient (Wildman–Crippen LogP) is 3.31. The number of nitrogens with one attached hydrogen (secondary N) is 1. The molecule has 3 nitrogen and oxygen atoms in total. The smallest absolute Gasteiger partial charge is 0.221 e. The molecule has 1 aliphatic carbocycles. The third-order valence-corrected chi connectivity index (χ3v) is 3.22. The molecule has 98 valence electrons. The zero-order chi connectivity index (χ0) is 13.0. The summed E-state index contributed by atoms with van der Waals surface area (Å²) in [7, 11) is 0. The number of ether oxygens (including phenoxy) is 1. The van der Waals surface area contributed by atoms with Crippen molar-refractivity contribution in [2.24, 2.45) is 0 Å². The quantitative estimate of drug-likeness (QED) is 0.886. The molecule has 0 unspecified atom stereocenters. The first-order valence-corrected chi connectivity index (χ1v) is 6.77. The number of rotatable bonds is 4. The van der Waals surface area contributed by atoms with E-state index in [-0.39, 0.29) is 5.91 Å². The number of amides is 1. The second-order valence-electron chi connectivity index (χ2n) is 4.85. The molecule has 0 heterocycles. The molecular weight excluding hydrogens is 226 g/mol. The fraction of sp³-hybridized carbons (Fsp3) is 0.533. The number of carbonyl (C=O) groups is 1. The Balaban J connectivity index is 2.30. The summed E-state index contributed by atoms with van der Waals surface area (Å²) in [5, 5.41) is 2.87. The van der Waals surface area contributed by atoms with E-state index < -0.39 is 0 Å². The van der Waals surface area contributed by atoms with Gasteiger partial charge >= 0.3 is 0 Å². The predicted molar refractivity (Wildman–Crippen MR) is 73.2 cm³/mol. The van der Waals surface area contributed by atoms with Gasteiger partial charge in [-0.25, -0.2) is 0 Å². The van der Waals surface area contributed by atoms with Crippen LogP contribution in [0.2, 0.25) is 0 Å². The molecule has 1 aromatic carbocycles. The van der Waals surface area contributed by atoms with Crippen molar-refractivity contribution in [2.75, 3.05) is 11.9 Å². The lowest BCUT2D eigenvalue weighted by Gasteiger charge is -2.20. The molecule has 0 fully saturated rings. The normalized spacial score (nSPS) is 13.9. The molecule has 0 bridgehead atoms. The van der Waals surface area contributed by atoms with Crippen LogP contribution in [0.25, 0.3) is 0 Å². The van der Waals surface area contributed by atoms with Crippen molar-refractivity contribution < 1.29 is 9.53 Å². The molecule has 3 heteroatoms. The van der Waals surface area contributed by atoms with Gasteiger partial charge in [-0.2, -0.15) is 0 Å². The van der Waals surface area contributed by atoms with Gasteiger partial charge in [0.15, 0.2) is 0 Å². The number of aryl methyl sites for hydroxylation is 2. The molecular formula is C15H21NO2. The molecule has 0 radical (unpaired) electrons. The monoisotopic (exact) mass is 247 g/mol. The third-order valence-electron chi connectivity index (χ3n) is 3.22. The Labute approximate surface area is 109 Å². The van der Waals surface area contributed by atoms with Gasteiger partial charge in [0, 0.05) is 6.92 Å². The first-order chi connectivity index (χ1) is 8.70. The van der Waals surface area contributed by atoms with Crippen molar-refractivity contribution in [2.45, 2.75) is 46.0 Å². The Bertz CT molecular complexity index is 440. The molecule has 0 spiro atoms. The molecule has 1 aliphatic rings. The second-order valence-corrected chi connectivity index (χ2v) is 4.85. The van der Waals surface area contributed by atoms with E-state index in [1.54, 1.807) is 0 Å². The number of hydrogen-bond donors (Lipinski definition) is 1. The van der Waals surface area contributed by atoms with Gasteiger partial charge in [-0.05, 0) is 55.4 Å². The van der Waals surface area contributed by atoms with Crippen molar-refractivity contribution in [3.63, 3.8) is 0 Å². The Hall–Kier alpha value is -1.51. The van der Waals surface area contributed by atoms with Crippen LogP contribution in [-0.2, 0) is 17.6 Å². The van der Waals surface area contributed by atoms with Gasteiger partial charge in [0.25, 0.3) is 0 Å². The molecule has 2 rings (SSSR count). The summed E-state index contributed by atoms with van der Waals surface area (Å²) in [6.07, 6.45) is 5.69. The third kappa shape index (κ3) is 3.03. The zero-order valence-electron chi connectivity index (χ0n) is 11.2. The van der Waals surface area contributed by atoms with Gasteiger partial charge in [-0.3, -0.25) is 4.79 Å². The molecule has 18 heavy (non-hydrogen) atoms. The van der Waals surface area contributed by atoms with E-state index in [1.165, 1.54) is 30.9 Å². The van der Waals surface area contributed by atoms with E-state index in [2.05, 4.69) is 24.4 Å². The van der Waals surface area contributed by atoms with Crippen LogP contribution in [0.4, 0.5) is 5.69 Å². The molecule has 0 aliphatic heterocycles. The number of anilines is 1. The highest BCUT2D eigenvalue weighted by Crippen LogP contribution is 2.32. The van der Waals surface area contributed by atoms with Crippen molar-refractivity contribution in [3.05, 3.63) is 23.3 Å². The maximum absolute atomic E-state index is 11.2. The van der Waals surface area contributed by atoms with E-state index >= 15 is 0 Å². The standard InChI is InChI=1S/C15H21NO2/c1-3-8-18-15-10-13-7-5-4-6-12(13)9-14(15)16-11(2)17/h9-10H,3-8H2,1-2H3,(H,16,17). The van der Waals surface area contributed by atoms with E-state index in [0.29, 0.717) is 6.61 Å². The average Bonchev–Trinajstić information content (AvgIpc) is 2.35. The minimum absolute atomic E-state index is 0.0490. The first-order valence-electron chi connectivity index (χ1n) is 6.77. The maximum Gasteiger partial charge on any atom is 0.221 e. The molecule has 0 saturated heterocycles. The topological polar surface area (TPSA) is 38.3 Å². The number of benzene rings is 1. The summed E-state index contributed by atoms with van der Waals surface area (Å²) in [6, 6.07) is 4.19. The van der Waals surface area contributed by atoms with Crippen molar-refractivity contribution in [3.8, 4) is 5.75 Å². The molecule has 1 amide bonds. The number of fused-ring (bicyclic) bond motifs is 1. The Morgan fingerprint density at radius 2 is 1.94 bits per heavy atom. The second kappa shape index (κ2) is 5.89. The molecule has 1 N–H and O–H groups in total. The summed E-state index contributed by atoms with van der Waals surface area (Å²) in [4.78, 5) is 11.2. The number of hydrogen-bond acceptors (Lipinski definition) is 2. The molecule has 0 atom stereocenters. The zero-order valence-corrected chi connectivity index (χ0v) is 11.2. The molecule has 1 aromatic rings. The van der Waals surface area contributed by atoms with Crippen LogP contribution in [-0.4, -0.2) is 12.5 Å². The van der Waals surface area contributed by atoms with Crippen LogP contribution < -0.4 is 10.1 Å². The van der Waals surface area contributed by atoms with Gasteiger partial charge in [0.2, 0.25) is 5.91 Å². The van der Waals surface area contributed by atoms with Crippen LogP contribution in [0, 0.1) is 0 Å². The lowest BCUT2D eigenvalue weighted by atomic mass is 9.91. The fourth-order valence-corrected chi connectivity index (χ4v) is 2.38. The van der Waals surface area contributed by atoms with Crippen LogP contribution in [0.5, 0.6) is 5.75 Å². The van der Waals surface area contributed by atoms with Gasteiger partial charge in [-0.1, -0.05) is 6.92 Å². The largest absolute Gasteiger partial charge is 0.491 e. The van der Waals surface area contributed by atoms with Crippen LogP contribution in [0.15, 0.2) is 12.1 Å². The minimum atomic E-state index is -0.0490. The highest BCUT2D eigenvalue weighted by Gasteiger charge is 2.14. The highest BCUT2D eigenvalue weighted by atomic mass is 16.5. The van der Waals surface area contributed by atoms with E-state index in [1.807, 2.05) is 0 Å². The van der Waals surface area contributed by atoms with Gasteiger partial charge < -0.3 is 10.1 Å². The van der Waals surface area contributed by atoms with Crippen LogP contribution in [0.3, 0.4) is 0 Å². The van der Waals surface area contributed by atoms with Crippen molar-refractivity contribution >= 4 is 11.6 Å². The molecule has 0 aromatic heterocycles. The lowest BCUT2D eigenvalue weighted by Crippen LogP contribution is -2.11. The first kappa shape index (κ1) is 12.9. The maximum atomic E-state index is 11.2. The summed E-state index contributed by atoms with van der Waals surface area (Å²) < 4.78 is 5.74. The number of carbonyl (C=O) groups excluding carboxylic acids is 1. The highest BCUT2D eigenvalue weighted by molar-refractivity contribution is 5.90. The van der Waals surface area contributed by atoms with E-state index in [0.717, 1.165) is 30.7 Å². The SMILES string of the molecule is CCCOc1cc2c(cc1NC(C)=O)CCCC2. The summed E-state index contributed by atoms with van der Waals surface area (Å²) in [5.74, 6) is 0.764. The minimum Gasteiger partial charge on any atom is -0.491 e. The average molecular weight is 247 g/mol. The Morgan fingerprint density at radius 1 is 1.28 bits per heavy atom. The Morgan fingerprint density at radius 3 is 2.56 bits per heavy atom. The van der Waals surface area contributed by atoms with E-state index in [9.17, 15) is 4.79 Å².